The molecule has 6 heteroatoms. The molecule has 2 atom stereocenters. The normalized spacial score (nSPS) is 22.8. The monoisotopic (exact) mass is 445 g/mol. The zero-order chi connectivity index (χ0) is 23.2. The number of aryl methyl sites for hydroxylation is 2. The fraction of sp³-hybridized carbons (Fsp3) is 0.444. The van der Waals surface area contributed by atoms with Crippen LogP contribution in [0.25, 0.3) is 0 Å². The van der Waals surface area contributed by atoms with Crippen LogP contribution in [0.2, 0.25) is 0 Å². The molecule has 1 saturated heterocycles. The van der Waals surface area contributed by atoms with Gasteiger partial charge in [-0.3, -0.25) is 14.5 Å². The van der Waals surface area contributed by atoms with Gasteiger partial charge in [0.2, 0.25) is 5.91 Å². The van der Waals surface area contributed by atoms with Crippen LogP contribution >= 0.6 is 0 Å². The van der Waals surface area contributed by atoms with E-state index in [0.29, 0.717) is 12.5 Å². The molecule has 2 aliphatic carbocycles. The second-order valence-electron chi connectivity index (χ2n) is 9.87. The van der Waals surface area contributed by atoms with Crippen molar-refractivity contribution in [2.75, 3.05) is 6.54 Å². The van der Waals surface area contributed by atoms with E-state index in [-0.39, 0.29) is 24.4 Å². The van der Waals surface area contributed by atoms with Crippen molar-refractivity contribution in [3.05, 3.63) is 70.8 Å². The highest BCUT2D eigenvalue weighted by Gasteiger charge is 2.50. The van der Waals surface area contributed by atoms with E-state index < -0.39 is 11.6 Å². The largest absolute Gasteiger partial charge is 0.334 e. The van der Waals surface area contributed by atoms with Crippen LogP contribution in [0.4, 0.5) is 4.79 Å². The number of hydrogen-bond donors (Lipinski definition) is 1. The average Bonchev–Trinajstić information content (AvgIpc) is 3.52. The summed E-state index contributed by atoms with van der Waals surface area (Å²) in [6.45, 7) is 4.04. The van der Waals surface area contributed by atoms with Crippen LogP contribution in [0.5, 0.6) is 0 Å². The smallest absolute Gasteiger partial charge is 0.325 e. The summed E-state index contributed by atoms with van der Waals surface area (Å²) in [5.41, 5.74) is 3.23. The molecule has 1 N–H and O–H groups in total. The molecular weight excluding hydrogens is 414 g/mol. The van der Waals surface area contributed by atoms with Gasteiger partial charge in [0.25, 0.3) is 5.91 Å². The Morgan fingerprint density at radius 2 is 1.85 bits per heavy atom. The highest BCUT2D eigenvalue weighted by atomic mass is 16.2. The minimum Gasteiger partial charge on any atom is -0.334 e. The number of imide groups is 1. The predicted molar refractivity (Wildman–Crippen MR) is 125 cm³/mol. The minimum atomic E-state index is -1.15. The van der Waals surface area contributed by atoms with Crippen LogP contribution in [0.3, 0.4) is 0 Å². The number of benzene rings is 2. The van der Waals surface area contributed by atoms with Crippen molar-refractivity contribution >= 4 is 17.8 Å². The maximum absolute atomic E-state index is 13.4. The highest BCUT2D eigenvalue weighted by Crippen LogP contribution is 2.36. The number of urea groups is 1. The van der Waals surface area contributed by atoms with Crippen molar-refractivity contribution in [2.24, 2.45) is 5.92 Å². The molecule has 6 nitrogen and oxygen atoms in total. The molecule has 5 rings (SSSR count). The maximum atomic E-state index is 13.4. The third kappa shape index (κ3) is 4.03. The fourth-order valence-electron chi connectivity index (χ4n) is 5.22. The topological polar surface area (TPSA) is 69.7 Å². The van der Waals surface area contributed by atoms with E-state index in [4.69, 9.17) is 0 Å². The Bertz CT molecular complexity index is 1100. The first-order valence-corrected chi connectivity index (χ1v) is 12.0. The number of hydrogen-bond acceptors (Lipinski definition) is 3. The van der Waals surface area contributed by atoms with Crippen molar-refractivity contribution in [2.45, 2.75) is 64.1 Å². The van der Waals surface area contributed by atoms with E-state index in [1.165, 1.54) is 11.1 Å². The molecule has 2 fully saturated rings. The number of fused-ring (bicyclic) bond motifs is 1. The minimum absolute atomic E-state index is 0.0709. The average molecular weight is 446 g/mol. The van der Waals surface area contributed by atoms with Crippen molar-refractivity contribution in [1.82, 2.24) is 15.1 Å². The summed E-state index contributed by atoms with van der Waals surface area (Å²) in [7, 11) is 0. The molecule has 4 amide bonds. The zero-order valence-corrected chi connectivity index (χ0v) is 19.3. The lowest BCUT2D eigenvalue weighted by Crippen LogP contribution is -2.47. The van der Waals surface area contributed by atoms with Gasteiger partial charge in [0.1, 0.15) is 12.1 Å². The van der Waals surface area contributed by atoms with Gasteiger partial charge in [-0.25, -0.2) is 4.79 Å². The molecule has 3 aliphatic rings. The second kappa shape index (κ2) is 8.32. The first-order valence-electron chi connectivity index (χ1n) is 12.0. The SMILES string of the molecule is CC(C1CC1)N(Cc1ccccc1)C(=O)CN1C(=O)NC(C)(c2ccc3c(c2)CCC3)C1=O. The standard InChI is InChI=1S/C27H31N3O3/c1-18(20-11-12-20)29(16-19-7-4-3-5-8-19)24(31)17-30-25(32)27(2,28-26(30)33)23-14-13-21-9-6-10-22(21)15-23/h3-5,7-8,13-15,18,20H,6,9-12,16-17H2,1-2H3,(H,28,33). The third-order valence-electron chi connectivity index (χ3n) is 7.56. The number of carbonyl (C=O) groups is 3. The molecular formula is C27H31N3O3. The molecule has 1 heterocycles. The van der Waals surface area contributed by atoms with Gasteiger partial charge < -0.3 is 10.2 Å². The summed E-state index contributed by atoms with van der Waals surface area (Å²) >= 11 is 0. The van der Waals surface area contributed by atoms with Crippen molar-refractivity contribution in [3.63, 3.8) is 0 Å². The molecule has 172 valence electrons. The quantitative estimate of drug-likeness (QED) is 0.660. The second-order valence-corrected chi connectivity index (χ2v) is 9.87. The van der Waals surface area contributed by atoms with Crippen molar-refractivity contribution in [3.8, 4) is 0 Å². The zero-order valence-electron chi connectivity index (χ0n) is 19.3. The summed E-state index contributed by atoms with van der Waals surface area (Å²) < 4.78 is 0. The van der Waals surface area contributed by atoms with Gasteiger partial charge in [0.05, 0.1) is 0 Å². The Hall–Kier alpha value is -3.15. The number of rotatable bonds is 7. The van der Waals surface area contributed by atoms with Crippen LogP contribution < -0.4 is 5.32 Å². The van der Waals surface area contributed by atoms with E-state index in [1.54, 1.807) is 6.92 Å². The lowest BCUT2D eigenvalue weighted by molar-refractivity contribution is -0.140. The van der Waals surface area contributed by atoms with Gasteiger partial charge in [-0.15, -0.1) is 0 Å². The molecule has 0 spiro atoms. The summed E-state index contributed by atoms with van der Waals surface area (Å²) in [6, 6.07) is 15.5. The fourth-order valence-corrected chi connectivity index (χ4v) is 5.22. The van der Waals surface area contributed by atoms with E-state index in [9.17, 15) is 14.4 Å². The van der Waals surface area contributed by atoms with Crippen LogP contribution in [0, 0.1) is 5.92 Å². The molecule has 0 bridgehead atoms. The summed E-state index contributed by atoms with van der Waals surface area (Å²) in [6.07, 6.45) is 5.40. The Kier molecular flexibility index (Phi) is 5.47. The van der Waals surface area contributed by atoms with E-state index in [0.717, 1.165) is 48.1 Å². The van der Waals surface area contributed by atoms with Gasteiger partial charge in [-0.1, -0.05) is 48.5 Å². The molecule has 1 aliphatic heterocycles. The number of nitrogens with zero attached hydrogens (tertiary/aromatic N) is 2. The van der Waals surface area contributed by atoms with Crippen molar-refractivity contribution in [1.29, 1.82) is 0 Å². The molecule has 0 aromatic heterocycles. The Morgan fingerprint density at radius 1 is 1.12 bits per heavy atom. The van der Waals surface area contributed by atoms with Gasteiger partial charge in [-0.2, -0.15) is 0 Å². The lowest BCUT2D eigenvalue weighted by atomic mass is 9.89. The molecule has 33 heavy (non-hydrogen) atoms. The van der Waals surface area contributed by atoms with Gasteiger partial charge in [-0.05, 0) is 74.1 Å². The highest BCUT2D eigenvalue weighted by molar-refractivity contribution is 6.09. The number of carbonyl (C=O) groups excluding carboxylic acids is 3. The maximum Gasteiger partial charge on any atom is 0.325 e. The first-order chi connectivity index (χ1) is 15.9. The third-order valence-corrected chi connectivity index (χ3v) is 7.56. The Balaban J connectivity index is 1.35. The van der Waals surface area contributed by atoms with E-state index >= 15 is 0 Å². The number of nitrogens with one attached hydrogen (secondary N) is 1. The van der Waals surface area contributed by atoms with Gasteiger partial charge >= 0.3 is 6.03 Å². The lowest BCUT2D eigenvalue weighted by Gasteiger charge is -2.31. The molecule has 1 saturated carbocycles. The van der Waals surface area contributed by atoms with E-state index in [2.05, 4.69) is 18.3 Å². The molecule has 2 aromatic carbocycles. The first kappa shape index (κ1) is 21.7. The Labute approximate surface area is 194 Å². The van der Waals surface area contributed by atoms with Crippen LogP contribution in [0.1, 0.15) is 55.4 Å². The Morgan fingerprint density at radius 3 is 2.58 bits per heavy atom. The van der Waals surface area contributed by atoms with Gasteiger partial charge in [0.15, 0.2) is 0 Å². The van der Waals surface area contributed by atoms with Crippen LogP contribution in [-0.2, 0) is 34.5 Å². The van der Waals surface area contributed by atoms with Crippen molar-refractivity contribution < 1.29 is 14.4 Å². The number of amides is 4. The molecule has 2 unspecified atom stereocenters. The van der Waals surface area contributed by atoms with Crippen LogP contribution in [-0.4, -0.2) is 40.2 Å². The molecule has 2 aromatic rings. The van der Waals surface area contributed by atoms with Crippen LogP contribution in [0.15, 0.2) is 48.5 Å². The summed E-state index contributed by atoms with van der Waals surface area (Å²) in [5, 5.41) is 2.86. The predicted octanol–water partition coefficient (Wildman–Crippen LogP) is 3.77. The van der Waals surface area contributed by atoms with E-state index in [1.807, 2.05) is 47.4 Å². The van der Waals surface area contributed by atoms with Gasteiger partial charge in [0, 0.05) is 12.6 Å². The molecule has 0 radical (unpaired) electrons. The summed E-state index contributed by atoms with van der Waals surface area (Å²) in [5.74, 6) is -0.0741. The summed E-state index contributed by atoms with van der Waals surface area (Å²) in [4.78, 5) is 42.6.